The lowest BCUT2D eigenvalue weighted by Gasteiger charge is -2.59. The van der Waals surface area contributed by atoms with Crippen molar-refractivity contribution in [2.45, 2.75) is 129 Å². The zero-order chi connectivity index (χ0) is 47.2. The number of hydrogen-bond acceptors (Lipinski definition) is 9. The van der Waals surface area contributed by atoms with Crippen LogP contribution in [0.3, 0.4) is 0 Å². The molecule has 1 aliphatic carbocycles. The lowest BCUT2D eigenvalue weighted by Crippen LogP contribution is -2.66. The van der Waals surface area contributed by atoms with Gasteiger partial charge >= 0.3 is 0 Å². The number of carbonyl (C=O) groups excluding carboxylic acids is 4. The molecule has 4 atom stereocenters. The molecule has 2 saturated heterocycles. The van der Waals surface area contributed by atoms with E-state index >= 15 is 4.39 Å². The van der Waals surface area contributed by atoms with E-state index in [2.05, 4.69) is 41.3 Å². The van der Waals surface area contributed by atoms with Gasteiger partial charge in [-0.3, -0.25) is 29.4 Å². The smallest absolute Gasteiger partial charge is 0.255 e. The molecule has 3 aromatic rings. The van der Waals surface area contributed by atoms with Gasteiger partial charge in [0.1, 0.15) is 24.2 Å². The Morgan fingerprint density at radius 1 is 1.09 bits per heavy atom. The van der Waals surface area contributed by atoms with E-state index in [1.807, 2.05) is 63.1 Å². The first-order chi connectivity index (χ1) is 31.6. The molecule has 2 unspecified atom stereocenters. The predicted molar refractivity (Wildman–Crippen MR) is 251 cm³/mol. The number of hydrogen-bond donors (Lipinski definition) is 3. The summed E-state index contributed by atoms with van der Waals surface area (Å²) in [5.74, 6) is -0.266. The zero-order valence-corrected chi connectivity index (χ0v) is 39.1. The van der Waals surface area contributed by atoms with Crippen LogP contribution >= 0.6 is 0 Å². The van der Waals surface area contributed by atoms with Crippen molar-refractivity contribution in [3.63, 3.8) is 0 Å². The normalized spacial score (nSPS) is 23.2. The standard InChI is InChI=1S/C31H39F3N4O.C20H25N3O4/c1-6-22-24-11-19(4)38(15-27(33)34)30(23(24)8-9-26(22)35-5)29-18(3)10-20(12-25(29)32)36-21-13-31(14-21)16-37(17-31)28(39)7-2;1-3-7-22-13(4-2)11-27-17-9-14-12(8-16(17)22)10-23(20(14)26)15-5-6-18(24)21-19(15)25/h6,8-10,12,19,21,27,30,35-36H,1,7,11,13-17H2,2-5H3;8-9,13,15H,3-7,10-11H2,1-2H3,(H,21,24,25)/t19?,30-;13-,15?/m00/s1. The largest absolute Gasteiger partial charge is 0.489 e. The number of rotatable bonds is 12. The van der Waals surface area contributed by atoms with Crippen molar-refractivity contribution < 1.29 is 37.1 Å². The number of fused-ring (bicyclic) bond motifs is 3. The predicted octanol–water partition coefficient (Wildman–Crippen LogP) is 8.07. The SMILES string of the molecule is C=Cc1c(NC)ccc2c1CC(C)N(CC(F)F)[C@@H]2c1c(C)cc(NC2CC3(C2)CN(C(=O)CC)C3)cc1F.CCCN1c2cc3c(cc2OC[C@@H]1CC)C(=O)N(C1CCC(=O)NC1=O)C3. The number of nitrogens with one attached hydrogen (secondary N) is 3. The summed E-state index contributed by atoms with van der Waals surface area (Å²) in [5, 5.41) is 9.01. The van der Waals surface area contributed by atoms with Gasteiger partial charge in [-0.2, -0.15) is 0 Å². The van der Waals surface area contributed by atoms with Crippen LogP contribution in [0.4, 0.5) is 30.2 Å². The number of ether oxygens (including phenoxy) is 1. The van der Waals surface area contributed by atoms with Crippen LogP contribution in [-0.4, -0.2) is 109 Å². The summed E-state index contributed by atoms with van der Waals surface area (Å²) < 4.78 is 49.5. The quantitative estimate of drug-likeness (QED) is 0.155. The molecule has 5 heterocycles. The molecule has 0 radical (unpaired) electrons. The number of imide groups is 1. The number of likely N-dealkylation sites (tertiary alicyclic amines) is 1. The fourth-order valence-electron chi connectivity index (χ4n) is 11.4. The Kier molecular flexibility index (Phi) is 13.5. The molecule has 0 aromatic heterocycles. The highest BCUT2D eigenvalue weighted by Gasteiger charge is 2.53. The van der Waals surface area contributed by atoms with Crippen molar-refractivity contribution in [1.82, 2.24) is 20.0 Å². The first-order valence-electron chi connectivity index (χ1n) is 23.7. The maximum absolute atomic E-state index is 16.0. The van der Waals surface area contributed by atoms with Gasteiger partial charge in [-0.1, -0.05) is 39.5 Å². The Labute approximate surface area is 386 Å². The van der Waals surface area contributed by atoms with E-state index in [0.29, 0.717) is 55.3 Å². The number of benzene rings is 3. The summed E-state index contributed by atoms with van der Waals surface area (Å²) in [6.45, 7) is 17.1. The van der Waals surface area contributed by atoms with Crippen molar-refractivity contribution in [2.75, 3.05) is 55.4 Å². The number of anilines is 3. The van der Waals surface area contributed by atoms with Crippen LogP contribution in [0.25, 0.3) is 6.08 Å². The van der Waals surface area contributed by atoms with Crippen molar-refractivity contribution in [1.29, 1.82) is 0 Å². The van der Waals surface area contributed by atoms with E-state index in [0.717, 1.165) is 90.3 Å². The highest BCUT2D eigenvalue weighted by atomic mass is 19.3. The van der Waals surface area contributed by atoms with Gasteiger partial charge in [0.15, 0.2) is 0 Å². The highest BCUT2D eigenvalue weighted by Crippen LogP contribution is 2.50. The molecule has 9 rings (SSSR count). The topological polar surface area (TPSA) is 127 Å². The molecule has 3 fully saturated rings. The molecular weight excluding hydrogens is 848 g/mol. The minimum atomic E-state index is -2.53. The third-order valence-electron chi connectivity index (χ3n) is 14.7. The number of piperidine rings is 1. The first-order valence-corrected chi connectivity index (χ1v) is 23.7. The van der Waals surface area contributed by atoms with Gasteiger partial charge in [0.2, 0.25) is 17.7 Å². The number of alkyl halides is 2. The summed E-state index contributed by atoms with van der Waals surface area (Å²) in [6, 6.07) is 10.3. The van der Waals surface area contributed by atoms with E-state index in [-0.39, 0.29) is 47.5 Å². The van der Waals surface area contributed by atoms with Crippen molar-refractivity contribution in [3.05, 3.63) is 87.7 Å². The third kappa shape index (κ3) is 8.75. The van der Waals surface area contributed by atoms with Gasteiger partial charge < -0.3 is 30.1 Å². The summed E-state index contributed by atoms with van der Waals surface area (Å²) in [5.41, 5.74) is 8.37. The molecular formula is C51H64F3N7O5. The maximum atomic E-state index is 16.0. The Morgan fingerprint density at radius 3 is 2.48 bits per heavy atom. The van der Waals surface area contributed by atoms with E-state index in [1.165, 1.54) is 6.07 Å². The van der Waals surface area contributed by atoms with Gasteiger partial charge in [0, 0.05) is 91.6 Å². The van der Waals surface area contributed by atoms with E-state index in [4.69, 9.17) is 4.74 Å². The van der Waals surface area contributed by atoms with Gasteiger partial charge in [-0.25, -0.2) is 13.2 Å². The number of aryl methyl sites for hydroxylation is 1. The fourth-order valence-corrected chi connectivity index (χ4v) is 11.4. The molecule has 12 nitrogen and oxygen atoms in total. The van der Waals surface area contributed by atoms with Gasteiger partial charge in [-0.05, 0) is 105 Å². The van der Waals surface area contributed by atoms with Crippen LogP contribution in [0.2, 0.25) is 0 Å². The van der Waals surface area contributed by atoms with Crippen LogP contribution in [0, 0.1) is 18.2 Å². The molecule has 1 spiro atoms. The van der Waals surface area contributed by atoms with Gasteiger partial charge in [0.25, 0.3) is 12.3 Å². The van der Waals surface area contributed by atoms with Crippen LogP contribution < -0.4 is 25.6 Å². The molecule has 6 aliphatic rings. The maximum Gasteiger partial charge on any atom is 0.255 e. The molecule has 1 saturated carbocycles. The third-order valence-corrected chi connectivity index (χ3v) is 14.7. The van der Waals surface area contributed by atoms with Crippen molar-refractivity contribution in [3.8, 4) is 5.75 Å². The second-order valence-corrected chi connectivity index (χ2v) is 19.1. The summed E-state index contributed by atoms with van der Waals surface area (Å²) >= 11 is 0. The van der Waals surface area contributed by atoms with E-state index in [9.17, 15) is 28.0 Å². The minimum Gasteiger partial charge on any atom is -0.489 e. The Balaban J connectivity index is 0.000000192. The number of nitrogens with zero attached hydrogens (tertiary/aromatic N) is 4. The minimum absolute atomic E-state index is 0.162. The summed E-state index contributed by atoms with van der Waals surface area (Å²) in [7, 11) is 1.84. The van der Waals surface area contributed by atoms with Crippen LogP contribution in [0.15, 0.2) is 43.0 Å². The highest BCUT2D eigenvalue weighted by molar-refractivity contribution is 6.06. The second-order valence-electron chi connectivity index (χ2n) is 19.1. The summed E-state index contributed by atoms with van der Waals surface area (Å²) in [4.78, 5) is 56.1. The fraction of sp³-hybridized carbons (Fsp3) is 0.529. The monoisotopic (exact) mass is 911 g/mol. The Morgan fingerprint density at radius 2 is 1.85 bits per heavy atom. The van der Waals surface area contributed by atoms with Crippen molar-refractivity contribution >= 4 is 46.8 Å². The molecule has 354 valence electrons. The molecule has 0 bridgehead atoms. The van der Waals surface area contributed by atoms with Gasteiger partial charge in [-0.15, -0.1) is 0 Å². The molecule has 3 N–H and O–H groups in total. The Hall–Kier alpha value is -5.57. The Bertz CT molecular complexity index is 2370. The molecule has 66 heavy (non-hydrogen) atoms. The molecule has 5 aliphatic heterocycles. The number of halogens is 3. The second kappa shape index (κ2) is 19.0. The molecule has 15 heteroatoms. The van der Waals surface area contributed by atoms with Crippen LogP contribution in [0.5, 0.6) is 5.75 Å². The average molecular weight is 912 g/mol. The first kappa shape index (κ1) is 46.9. The van der Waals surface area contributed by atoms with Gasteiger partial charge in [0.05, 0.1) is 24.3 Å². The van der Waals surface area contributed by atoms with Crippen molar-refractivity contribution in [2.24, 2.45) is 5.41 Å². The number of amides is 4. The lowest BCUT2D eigenvalue weighted by molar-refractivity contribution is -0.150. The zero-order valence-electron chi connectivity index (χ0n) is 39.1. The average Bonchev–Trinajstić information content (AvgIpc) is 3.57. The van der Waals surface area contributed by atoms with E-state index < -0.39 is 30.9 Å². The van der Waals surface area contributed by atoms with E-state index in [1.54, 1.807) is 15.9 Å². The lowest BCUT2D eigenvalue weighted by atomic mass is 9.60. The van der Waals surface area contributed by atoms with Crippen LogP contribution in [0.1, 0.15) is 122 Å². The molecule has 3 aromatic carbocycles. The molecule has 4 amide bonds. The summed E-state index contributed by atoms with van der Waals surface area (Å²) in [6.07, 6.45) is 4.96. The van der Waals surface area contributed by atoms with Crippen LogP contribution in [-0.2, 0) is 27.3 Å². The number of carbonyl (C=O) groups is 4.